The molecule has 8 heteroatoms. The van der Waals surface area contributed by atoms with E-state index in [0.29, 0.717) is 51.6 Å². The molecule has 0 N–H and O–H groups in total. The molecule has 138 valence electrons. The Balaban J connectivity index is 1.52. The number of rotatable bonds is 3. The Kier molecular flexibility index (Phi) is 5.46. The lowest BCUT2D eigenvalue weighted by atomic mass is 9.93. The minimum atomic E-state index is -4.36. The molecule has 0 bridgehead atoms. The molecule has 0 aromatic carbocycles. The quantitative estimate of drug-likeness (QED) is 0.834. The van der Waals surface area contributed by atoms with Gasteiger partial charge in [-0.3, -0.25) is 4.79 Å². The average Bonchev–Trinajstić information content (AvgIpc) is 2.62. The van der Waals surface area contributed by atoms with Crippen molar-refractivity contribution in [3.05, 3.63) is 23.9 Å². The third kappa shape index (κ3) is 4.62. The van der Waals surface area contributed by atoms with Gasteiger partial charge < -0.3 is 14.5 Å². The molecular formula is C17H22F3N3O2. The van der Waals surface area contributed by atoms with Crippen LogP contribution in [0.25, 0.3) is 0 Å². The Morgan fingerprint density at radius 3 is 2.52 bits per heavy atom. The van der Waals surface area contributed by atoms with Crippen molar-refractivity contribution in [2.45, 2.75) is 25.4 Å². The van der Waals surface area contributed by atoms with Crippen molar-refractivity contribution in [3.63, 3.8) is 0 Å². The van der Waals surface area contributed by atoms with Crippen molar-refractivity contribution in [3.8, 4) is 0 Å². The summed E-state index contributed by atoms with van der Waals surface area (Å²) in [6.45, 7) is 3.71. The first-order valence-electron chi connectivity index (χ1n) is 8.57. The van der Waals surface area contributed by atoms with Gasteiger partial charge in [0.15, 0.2) is 0 Å². The molecule has 1 aromatic heterocycles. The van der Waals surface area contributed by atoms with Crippen molar-refractivity contribution in [1.82, 2.24) is 9.88 Å². The highest BCUT2D eigenvalue weighted by atomic mass is 19.4. The van der Waals surface area contributed by atoms with Crippen LogP contribution in [-0.4, -0.2) is 55.2 Å². The van der Waals surface area contributed by atoms with Crippen molar-refractivity contribution < 1.29 is 22.7 Å². The summed E-state index contributed by atoms with van der Waals surface area (Å²) >= 11 is 0. The number of alkyl halides is 3. The number of morpholine rings is 1. The van der Waals surface area contributed by atoms with Crippen LogP contribution in [0.3, 0.4) is 0 Å². The van der Waals surface area contributed by atoms with E-state index in [1.54, 1.807) is 0 Å². The second-order valence-corrected chi connectivity index (χ2v) is 6.53. The first-order valence-corrected chi connectivity index (χ1v) is 8.57. The molecule has 25 heavy (non-hydrogen) atoms. The number of hydrogen-bond acceptors (Lipinski definition) is 4. The van der Waals surface area contributed by atoms with Crippen molar-refractivity contribution >= 4 is 11.7 Å². The number of nitrogens with zero attached hydrogens (tertiary/aromatic N) is 3. The highest BCUT2D eigenvalue weighted by molar-refractivity contribution is 5.76. The standard InChI is InChI=1S/C17H22F3N3O2/c18-17(19,20)14-1-4-21-15(12-14)22-5-2-13(3-6-22)11-16(24)23-7-9-25-10-8-23/h1,4,12-13H,2-3,5-11H2. The lowest BCUT2D eigenvalue weighted by molar-refractivity contribution is -0.138. The van der Waals surface area contributed by atoms with Crippen LogP contribution in [-0.2, 0) is 15.7 Å². The molecule has 2 aliphatic heterocycles. The molecule has 2 fully saturated rings. The minimum absolute atomic E-state index is 0.152. The molecule has 0 atom stereocenters. The second kappa shape index (κ2) is 7.59. The Hall–Kier alpha value is -1.83. The Bertz CT molecular complexity index is 595. The molecule has 2 aliphatic rings. The van der Waals surface area contributed by atoms with Gasteiger partial charge in [0.2, 0.25) is 5.91 Å². The first kappa shape index (κ1) is 18.0. The van der Waals surface area contributed by atoms with Gasteiger partial charge in [-0.15, -0.1) is 0 Å². The lowest BCUT2D eigenvalue weighted by Crippen LogP contribution is -2.42. The van der Waals surface area contributed by atoms with E-state index >= 15 is 0 Å². The number of carbonyl (C=O) groups is 1. The van der Waals surface area contributed by atoms with E-state index in [2.05, 4.69) is 4.98 Å². The zero-order chi connectivity index (χ0) is 17.9. The van der Waals surface area contributed by atoms with Gasteiger partial charge in [-0.1, -0.05) is 0 Å². The summed E-state index contributed by atoms with van der Waals surface area (Å²) in [6.07, 6.45) is -1.08. The maximum atomic E-state index is 12.8. The van der Waals surface area contributed by atoms with E-state index in [-0.39, 0.29) is 11.8 Å². The van der Waals surface area contributed by atoms with Crippen LogP contribution >= 0.6 is 0 Å². The number of piperidine rings is 1. The monoisotopic (exact) mass is 357 g/mol. The van der Waals surface area contributed by atoms with Gasteiger partial charge in [0.1, 0.15) is 5.82 Å². The first-order chi connectivity index (χ1) is 11.9. The largest absolute Gasteiger partial charge is 0.416 e. The van der Waals surface area contributed by atoms with E-state index in [0.717, 1.165) is 25.0 Å². The number of aromatic nitrogens is 1. The SMILES string of the molecule is O=C(CC1CCN(c2cc(C(F)(F)F)ccn2)CC1)N1CCOCC1. The number of pyridine rings is 1. The molecule has 1 aromatic rings. The van der Waals surface area contributed by atoms with Crippen molar-refractivity contribution in [2.24, 2.45) is 5.92 Å². The highest BCUT2D eigenvalue weighted by Gasteiger charge is 2.32. The van der Waals surface area contributed by atoms with Gasteiger partial charge in [-0.05, 0) is 30.9 Å². The van der Waals surface area contributed by atoms with E-state index < -0.39 is 11.7 Å². The summed E-state index contributed by atoms with van der Waals surface area (Å²) < 4.78 is 43.7. The zero-order valence-electron chi connectivity index (χ0n) is 14.0. The van der Waals surface area contributed by atoms with Crippen LogP contribution in [0.2, 0.25) is 0 Å². The van der Waals surface area contributed by atoms with Crippen LogP contribution in [0.15, 0.2) is 18.3 Å². The molecule has 0 saturated carbocycles. The van der Waals surface area contributed by atoms with E-state index in [9.17, 15) is 18.0 Å². The van der Waals surface area contributed by atoms with Crippen molar-refractivity contribution in [2.75, 3.05) is 44.3 Å². The number of hydrogen-bond donors (Lipinski definition) is 0. The van der Waals surface area contributed by atoms with Crippen LogP contribution in [0, 0.1) is 5.92 Å². The normalized spacial score (nSPS) is 20.0. The fourth-order valence-electron chi connectivity index (χ4n) is 3.32. The summed E-state index contributed by atoms with van der Waals surface area (Å²) in [5.74, 6) is 0.782. The maximum absolute atomic E-state index is 12.8. The predicted molar refractivity (Wildman–Crippen MR) is 86.2 cm³/mol. The third-order valence-corrected chi connectivity index (χ3v) is 4.84. The summed E-state index contributed by atoms with van der Waals surface area (Å²) in [6, 6.07) is 2.08. The number of carbonyl (C=O) groups excluding carboxylic acids is 1. The molecule has 3 heterocycles. The van der Waals surface area contributed by atoms with Crippen LogP contribution in [0.5, 0.6) is 0 Å². The van der Waals surface area contributed by atoms with Crippen LogP contribution < -0.4 is 4.90 Å². The molecule has 0 radical (unpaired) electrons. The number of anilines is 1. The average molecular weight is 357 g/mol. The molecular weight excluding hydrogens is 335 g/mol. The van der Waals surface area contributed by atoms with Gasteiger partial charge in [0.05, 0.1) is 18.8 Å². The summed E-state index contributed by atoms with van der Waals surface area (Å²) in [5, 5.41) is 0. The summed E-state index contributed by atoms with van der Waals surface area (Å²) in [7, 11) is 0. The molecule has 3 rings (SSSR count). The fourth-order valence-corrected chi connectivity index (χ4v) is 3.32. The second-order valence-electron chi connectivity index (χ2n) is 6.53. The van der Waals surface area contributed by atoms with E-state index in [1.807, 2.05) is 9.80 Å². The highest BCUT2D eigenvalue weighted by Crippen LogP contribution is 2.32. The Labute approximate surface area is 144 Å². The minimum Gasteiger partial charge on any atom is -0.378 e. The molecule has 0 aliphatic carbocycles. The maximum Gasteiger partial charge on any atom is 0.416 e. The number of halogens is 3. The topological polar surface area (TPSA) is 45.7 Å². The van der Waals surface area contributed by atoms with Gasteiger partial charge in [0.25, 0.3) is 0 Å². The Morgan fingerprint density at radius 1 is 1.20 bits per heavy atom. The number of amides is 1. The predicted octanol–water partition coefficient (Wildman–Crippen LogP) is 2.57. The zero-order valence-corrected chi connectivity index (χ0v) is 14.0. The molecule has 0 unspecified atom stereocenters. The summed E-state index contributed by atoms with van der Waals surface area (Å²) in [4.78, 5) is 20.1. The van der Waals surface area contributed by atoms with Crippen LogP contribution in [0.1, 0.15) is 24.8 Å². The van der Waals surface area contributed by atoms with Gasteiger partial charge in [0, 0.05) is 38.8 Å². The van der Waals surface area contributed by atoms with Gasteiger partial charge >= 0.3 is 6.18 Å². The summed E-state index contributed by atoms with van der Waals surface area (Å²) in [5.41, 5.74) is -0.679. The van der Waals surface area contributed by atoms with Crippen molar-refractivity contribution in [1.29, 1.82) is 0 Å². The Morgan fingerprint density at radius 2 is 1.88 bits per heavy atom. The van der Waals surface area contributed by atoms with Gasteiger partial charge in [-0.2, -0.15) is 13.2 Å². The molecule has 2 saturated heterocycles. The van der Waals surface area contributed by atoms with Crippen LogP contribution in [0.4, 0.5) is 19.0 Å². The molecule has 1 amide bonds. The molecule has 5 nitrogen and oxygen atoms in total. The van der Waals surface area contributed by atoms with Gasteiger partial charge in [-0.25, -0.2) is 4.98 Å². The lowest BCUT2D eigenvalue weighted by Gasteiger charge is -2.34. The van der Waals surface area contributed by atoms with E-state index in [4.69, 9.17) is 4.74 Å². The number of ether oxygens (including phenoxy) is 1. The van der Waals surface area contributed by atoms with E-state index in [1.165, 1.54) is 6.20 Å². The molecule has 0 spiro atoms. The fraction of sp³-hybridized carbons (Fsp3) is 0.647. The third-order valence-electron chi connectivity index (χ3n) is 4.84. The smallest absolute Gasteiger partial charge is 0.378 e.